The molecular weight excluding hydrogens is 865 g/mol. The summed E-state index contributed by atoms with van der Waals surface area (Å²) in [6.45, 7) is 22.7. The molecule has 1 aliphatic rings. The van der Waals surface area contributed by atoms with Gasteiger partial charge in [-0.25, -0.2) is 6.07 Å². The van der Waals surface area contributed by atoms with E-state index >= 15 is 0 Å². The van der Waals surface area contributed by atoms with Crippen molar-refractivity contribution in [3.63, 3.8) is 0 Å². The monoisotopic (exact) mass is 916 g/mol. The summed E-state index contributed by atoms with van der Waals surface area (Å²) in [5.41, 5.74) is 10.9. The molecule has 1 aliphatic carbocycles. The van der Waals surface area contributed by atoms with E-state index in [2.05, 4.69) is 124 Å². The molecular formula is C49H54Cl2F6Zr-2. The van der Waals surface area contributed by atoms with Crippen LogP contribution in [0.1, 0.15) is 138 Å². The Labute approximate surface area is 369 Å². The third kappa shape index (κ3) is 13.8. The molecule has 0 fully saturated rings. The molecule has 58 heavy (non-hydrogen) atoms. The van der Waals surface area contributed by atoms with Crippen molar-refractivity contribution >= 4 is 3.21 Å². The fraction of sp³-hybridized carbons (Fsp3) is 0.388. The van der Waals surface area contributed by atoms with Crippen LogP contribution in [-0.4, -0.2) is 3.21 Å². The Balaban J connectivity index is 0.000000305. The van der Waals surface area contributed by atoms with Crippen LogP contribution in [0.4, 0.5) is 26.3 Å². The predicted molar refractivity (Wildman–Crippen MR) is 216 cm³/mol. The second-order valence-corrected chi connectivity index (χ2v) is 19.0. The molecule has 0 aliphatic heterocycles. The van der Waals surface area contributed by atoms with Gasteiger partial charge in [0.1, 0.15) is 0 Å². The summed E-state index contributed by atoms with van der Waals surface area (Å²) in [5, 5.41) is 0. The Bertz CT molecular complexity index is 2000. The second-order valence-electron chi connectivity index (χ2n) is 17.7. The first-order chi connectivity index (χ1) is 25.8. The van der Waals surface area contributed by atoms with E-state index < -0.39 is 23.5 Å². The van der Waals surface area contributed by atoms with Gasteiger partial charge in [0.05, 0.1) is 0 Å². The van der Waals surface area contributed by atoms with Gasteiger partial charge in [-0.15, -0.1) is 5.56 Å². The van der Waals surface area contributed by atoms with Gasteiger partial charge in [-0.05, 0) is 17.4 Å². The molecule has 6 rings (SSSR count). The molecule has 0 atom stereocenters. The molecule has 0 saturated heterocycles. The quantitative estimate of drug-likeness (QED) is 0.120. The third-order valence-corrected chi connectivity index (χ3v) is 11.4. The van der Waals surface area contributed by atoms with Crippen LogP contribution in [0.3, 0.4) is 0 Å². The number of alkyl halides is 6. The first-order valence-corrected chi connectivity index (χ1v) is 20.4. The van der Waals surface area contributed by atoms with Crippen LogP contribution < -0.4 is 24.8 Å². The minimum absolute atomic E-state index is 0. The molecule has 0 aromatic heterocycles. The van der Waals surface area contributed by atoms with E-state index in [0.717, 1.165) is 54.9 Å². The molecule has 0 unspecified atom stereocenters. The van der Waals surface area contributed by atoms with Crippen molar-refractivity contribution in [1.29, 1.82) is 0 Å². The van der Waals surface area contributed by atoms with Crippen molar-refractivity contribution in [2.45, 2.75) is 124 Å². The van der Waals surface area contributed by atoms with Crippen molar-refractivity contribution in [1.82, 2.24) is 0 Å². The van der Waals surface area contributed by atoms with E-state index in [1.165, 1.54) is 88.0 Å². The minimum Gasteiger partial charge on any atom is -1.00 e. The largest absolute Gasteiger partial charge is 1.00 e. The van der Waals surface area contributed by atoms with Crippen LogP contribution in [0.2, 0.25) is 0 Å². The van der Waals surface area contributed by atoms with Crippen molar-refractivity contribution in [2.75, 3.05) is 0 Å². The van der Waals surface area contributed by atoms with Gasteiger partial charge < -0.3 is 24.8 Å². The molecule has 5 aromatic rings. The van der Waals surface area contributed by atoms with E-state index in [1.54, 1.807) is 0 Å². The maximum absolute atomic E-state index is 12.7. The van der Waals surface area contributed by atoms with Crippen LogP contribution in [0.5, 0.6) is 0 Å². The summed E-state index contributed by atoms with van der Waals surface area (Å²) in [6, 6.07) is 31.1. The van der Waals surface area contributed by atoms with Crippen LogP contribution in [0.25, 0.3) is 11.1 Å². The van der Waals surface area contributed by atoms with Gasteiger partial charge in [0.15, 0.2) is 0 Å². The number of hydrogen-bond acceptors (Lipinski definition) is 0. The zero-order chi connectivity index (χ0) is 41.9. The van der Waals surface area contributed by atoms with E-state index in [0.29, 0.717) is 8.62 Å². The van der Waals surface area contributed by atoms with Crippen LogP contribution in [0.15, 0.2) is 97.1 Å². The smallest absolute Gasteiger partial charge is 1.00 e. The molecule has 312 valence electrons. The Morgan fingerprint density at radius 1 is 0.621 bits per heavy atom. The van der Waals surface area contributed by atoms with E-state index in [1.807, 2.05) is 0 Å². The van der Waals surface area contributed by atoms with Gasteiger partial charge in [-0.3, -0.25) is 0 Å². The molecule has 9 heteroatoms. The van der Waals surface area contributed by atoms with Gasteiger partial charge in [-0.2, -0.15) is 52.6 Å². The van der Waals surface area contributed by atoms with Crippen molar-refractivity contribution in [3.8, 4) is 11.1 Å². The topological polar surface area (TPSA) is 0 Å². The Kier molecular flexibility index (Phi) is 17.8. The first kappa shape index (κ1) is 51.3. The third-order valence-electron chi connectivity index (χ3n) is 9.99. The normalized spacial score (nSPS) is 12.4. The number of unbranched alkanes of at least 4 members (excludes halogenated alkanes) is 1. The zero-order valence-electron chi connectivity index (χ0n) is 35.1. The van der Waals surface area contributed by atoms with Gasteiger partial charge in [-0.1, -0.05) is 129 Å². The molecule has 0 radical (unpaired) electrons. The van der Waals surface area contributed by atoms with Gasteiger partial charge in [0.2, 0.25) is 0 Å². The Hall–Kier alpha value is -2.86. The summed E-state index contributed by atoms with van der Waals surface area (Å²) in [7, 11) is 0. The molecule has 0 saturated carbocycles. The van der Waals surface area contributed by atoms with Gasteiger partial charge in [0.25, 0.3) is 0 Å². The average molecular weight is 919 g/mol. The summed E-state index contributed by atoms with van der Waals surface area (Å²) in [5.74, 6) is 0. The van der Waals surface area contributed by atoms with Crippen molar-refractivity contribution < 1.29 is 75.4 Å². The molecule has 0 nitrogen and oxygen atoms in total. The van der Waals surface area contributed by atoms with Crippen LogP contribution in [0, 0.1) is 6.07 Å². The maximum atomic E-state index is 12.7. The molecule has 0 bridgehead atoms. The van der Waals surface area contributed by atoms with Crippen molar-refractivity contribution in [3.05, 3.63) is 159 Å². The zero-order valence-corrected chi connectivity index (χ0v) is 39.1. The SMILES string of the molecule is CC(C)(C)c1c[c-]c2c(c1)-c1cc(C(C)(C)C)ccc1C2.CCCCc1cc(C(C)(C)C)c[cH-]1.FC(F)(F)c1cccc([C](=[Zr+2])c2cccc(C(F)(F)F)c2)c1.[Cl-].[Cl-]. The maximum Gasteiger partial charge on any atom is -1.00 e. The first-order valence-electron chi connectivity index (χ1n) is 19.2. The van der Waals surface area contributed by atoms with Gasteiger partial charge >= 0.3 is 137 Å². The summed E-state index contributed by atoms with van der Waals surface area (Å²) in [4.78, 5) is 0. The number of rotatable bonds is 5. The van der Waals surface area contributed by atoms with Gasteiger partial charge in [0, 0.05) is 0 Å². The van der Waals surface area contributed by atoms with Crippen LogP contribution >= 0.6 is 0 Å². The Morgan fingerprint density at radius 3 is 1.57 bits per heavy atom. The van der Waals surface area contributed by atoms with E-state index in [-0.39, 0.29) is 46.8 Å². The Morgan fingerprint density at radius 2 is 1.12 bits per heavy atom. The number of benzene rings is 4. The fourth-order valence-electron chi connectivity index (χ4n) is 6.35. The number of hydrogen-bond donors (Lipinski definition) is 0. The minimum atomic E-state index is -4.49. The predicted octanol–water partition coefficient (Wildman–Crippen LogP) is 8.55. The summed E-state index contributed by atoms with van der Waals surface area (Å²) in [6.07, 6.45) is -4.10. The van der Waals surface area contributed by atoms with E-state index in [4.69, 9.17) is 0 Å². The summed E-state index contributed by atoms with van der Waals surface area (Å²) < 4.78 is 76.7. The number of fused-ring (bicyclic) bond motifs is 3. The second kappa shape index (κ2) is 20.1. The summed E-state index contributed by atoms with van der Waals surface area (Å²) >= 11 is 0.729. The molecule has 0 N–H and O–H groups in total. The number of halogens is 8. The van der Waals surface area contributed by atoms with Crippen LogP contribution in [-0.2, 0) is 65.7 Å². The average Bonchev–Trinajstić information content (AvgIpc) is 3.74. The number of aryl methyl sites for hydroxylation is 1. The molecule has 0 heterocycles. The standard InChI is InChI=1S/C21H25.C15H8F6.C13H21.2ClH.Zr/c1-20(2,3)16-9-7-14-11-15-8-10-17(21(4,5)6)13-19(15)18(14)12-16;16-14(17,18)12-5-1-3-10(8-12)7-11-4-2-6-13(9-11)15(19,20)21;1-5-6-7-11-8-9-12(10-11)13(2,3)4;;;/h7,9-10,12-13H,11H2,1-6H3;1-6,8-9H;8-10H,5-7H2,1-4H3;2*1H;/q-1;;-1;;;+2/p-2. The molecule has 0 amide bonds. The van der Waals surface area contributed by atoms with E-state index in [9.17, 15) is 26.3 Å². The molecule has 0 spiro atoms. The van der Waals surface area contributed by atoms with Crippen molar-refractivity contribution in [2.24, 2.45) is 0 Å². The fourth-order valence-corrected chi connectivity index (χ4v) is 7.11. The molecule has 5 aromatic carbocycles.